The summed E-state index contributed by atoms with van der Waals surface area (Å²) in [6.45, 7) is 1.45. The van der Waals surface area contributed by atoms with Crippen molar-refractivity contribution in [2.24, 2.45) is 5.73 Å². The zero-order valence-electron chi connectivity index (χ0n) is 11.1. The number of rotatable bonds is 5. The van der Waals surface area contributed by atoms with Crippen LogP contribution in [0.25, 0.3) is 0 Å². The molecule has 0 spiro atoms. The Morgan fingerprint density at radius 2 is 1.60 bits per heavy atom. The van der Waals surface area contributed by atoms with E-state index >= 15 is 0 Å². The van der Waals surface area contributed by atoms with E-state index in [1.54, 1.807) is 48.5 Å². The normalized spacial score (nSPS) is 11.7. The van der Waals surface area contributed by atoms with Gasteiger partial charge in [-0.05, 0) is 19.1 Å². The Hall–Kier alpha value is -2.62. The monoisotopic (exact) mass is 269 g/mol. The molecule has 20 heavy (non-hydrogen) atoms. The Balaban J connectivity index is 2.35. The molecule has 0 saturated heterocycles. The van der Waals surface area contributed by atoms with Crippen molar-refractivity contribution in [2.45, 2.75) is 13.0 Å². The number of primary amides is 1. The summed E-state index contributed by atoms with van der Waals surface area (Å²) in [5, 5.41) is 0. The van der Waals surface area contributed by atoms with Gasteiger partial charge in [0.25, 0.3) is 5.91 Å². The van der Waals surface area contributed by atoms with Gasteiger partial charge in [0, 0.05) is 5.56 Å². The molecule has 102 valence electrons. The van der Waals surface area contributed by atoms with E-state index in [1.165, 1.54) is 6.92 Å². The number of carbonyl (C=O) groups excluding carboxylic acids is 2. The van der Waals surface area contributed by atoms with E-state index in [4.69, 9.17) is 10.5 Å². The van der Waals surface area contributed by atoms with Crippen molar-refractivity contribution < 1.29 is 14.3 Å². The first-order valence-electron chi connectivity index (χ1n) is 6.20. The van der Waals surface area contributed by atoms with E-state index in [2.05, 4.69) is 0 Å². The molecule has 0 aromatic heterocycles. The number of hydrogen-bond acceptors (Lipinski definition) is 3. The third kappa shape index (κ3) is 3.03. The fraction of sp³-hybridized carbons (Fsp3) is 0.125. The van der Waals surface area contributed by atoms with Crippen LogP contribution in [0.4, 0.5) is 0 Å². The molecule has 4 nitrogen and oxygen atoms in total. The summed E-state index contributed by atoms with van der Waals surface area (Å²) >= 11 is 0. The minimum atomic E-state index is -0.920. The molecule has 0 bridgehead atoms. The second-order valence-electron chi connectivity index (χ2n) is 4.36. The Morgan fingerprint density at radius 1 is 1.00 bits per heavy atom. The number of ether oxygens (including phenoxy) is 1. The average Bonchev–Trinajstić information content (AvgIpc) is 2.45. The van der Waals surface area contributed by atoms with Crippen molar-refractivity contribution >= 4 is 11.7 Å². The minimum absolute atomic E-state index is 0.128. The molecular weight excluding hydrogens is 254 g/mol. The first-order chi connectivity index (χ1) is 9.59. The molecule has 0 heterocycles. The predicted molar refractivity (Wildman–Crippen MR) is 75.5 cm³/mol. The first-order valence-corrected chi connectivity index (χ1v) is 6.20. The smallest absolute Gasteiger partial charge is 0.263 e. The number of nitrogens with two attached hydrogens (primary N) is 1. The molecule has 0 aliphatic rings. The summed E-state index contributed by atoms with van der Waals surface area (Å²) in [4.78, 5) is 23.2. The van der Waals surface area contributed by atoms with Gasteiger partial charge in [-0.2, -0.15) is 0 Å². The average molecular weight is 269 g/mol. The number of benzene rings is 2. The van der Waals surface area contributed by atoms with Crippen LogP contribution < -0.4 is 10.5 Å². The van der Waals surface area contributed by atoms with Crippen molar-refractivity contribution in [3.8, 4) is 5.75 Å². The van der Waals surface area contributed by atoms with Gasteiger partial charge in [-0.15, -0.1) is 0 Å². The number of para-hydroxylation sites is 1. The SMILES string of the molecule is CC(=O)c1ccccc1OC(C(N)=O)c1ccccc1. The molecule has 2 N–H and O–H groups in total. The summed E-state index contributed by atoms with van der Waals surface area (Å²) in [5.41, 5.74) is 6.47. The second kappa shape index (κ2) is 6.02. The molecule has 0 fully saturated rings. The standard InChI is InChI=1S/C16H15NO3/c1-11(18)13-9-5-6-10-14(13)20-15(16(17)19)12-7-3-2-4-8-12/h2-10,15H,1H3,(H2,17,19). The van der Waals surface area contributed by atoms with Crippen LogP contribution in [0.15, 0.2) is 54.6 Å². The molecule has 0 radical (unpaired) electrons. The quantitative estimate of drug-likeness (QED) is 0.848. The lowest BCUT2D eigenvalue weighted by atomic mass is 10.1. The highest BCUT2D eigenvalue weighted by atomic mass is 16.5. The van der Waals surface area contributed by atoms with Crippen molar-refractivity contribution in [1.29, 1.82) is 0 Å². The molecule has 1 atom stereocenters. The molecule has 0 aliphatic heterocycles. The fourth-order valence-corrected chi connectivity index (χ4v) is 1.91. The van der Waals surface area contributed by atoms with Crippen LogP contribution in [-0.4, -0.2) is 11.7 Å². The van der Waals surface area contributed by atoms with Crippen LogP contribution in [0.1, 0.15) is 28.9 Å². The first kappa shape index (κ1) is 13.8. The number of ketones is 1. The Labute approximate surface area is 117 Å². The van der Waals surface area contributed by atoms with Crippen LogP contribution >= 0.6 is 0 Å². The van der Waals surface area contributed by atoms with E-state index < -0.39 is 12.0 Å². The highest BCUT2D eigenvalue weighted by Gasteiger charge is 2.21. The molecule has 1 unspecified atom stereocenters. The second-order valence-corrected chi connectivity index (χ2v) is 4.36. The molecule has 4 heteroatoms. The van der Waals surface area contributed by atoms with E-state index in [0.717, 1.165) is 0 Å². The van der Waals surface area contributed by atoms with Crippen molar-refractivity contribution in [1.82, 2.24) is 0 Å². The third-order valence-corrected chi connectivity index (χ3v) is 2.87. The van der Waals surface area contributed by atoms with Crippen molar-refractivity contribution in [3.63, 3.8) is 0 Å². The van der Waals surface area contributed by atoms with E-state index in [1.807, 2.05) is 6.07 Å². The molecule has 0 aliphatic carbocycles. The topological polar surface area (TPSA) is 69.4 Å². The van der Waals surface area contributed by atoms with Gasteiger partial charge in [0.15, 0.2) is 5.78 Å². The zero-order chi connectivity index (χ0) is 14.5. The summed E-state index contributed by atoms with van der Waals surface area (Å²) in [5.74, 6) is -0.376. The summed E-state index contributed by atoms with van der Waals surface area (Å²) in [6, 6.07) is 15.7. The summed E-state index contributed by atoms with van der Waals surface area (Å²) < 4.78 is 5.66. The maximum atomic E-state index is 11.6. The molecule has 2 aromatic rings. The Morgan fingerprint density at radius 3 is 2.20 bits per heavy atom. The molecule has 0 saturated carbocycles. The largest absolute Gasteiger partial charge is 0.475 e. The lowest BCUT2D eigenvalue weighted by Gasteiger charge is -2.18. The maximum absolute atomic E-state index is 11.6. The zero-order valence-corrected chi connectivity index (χ0v) is 11.1. The van der Waals surface area contributed by atoms with Crippen LogP contribution in [0, 0.1) is 0 Å². The summed E-state index contributed by atoms with van der Waals surface area (Å²) in [7, 11) is 0. The van der Waals surface area contributed by atoms with Gasteiger partial charge in [0.1, 0.15) is 5.75 Å². The number of amides is 1. The Bertz CT molecular complexity index is 623. The predicted octanol–water partition coefficient (Wildman–Crippen LogP) is 2.49. The lowest BCUT2D eigenvalue weighted by molar-refractivity contribution is -0.125. The van der Waals surface area contributed by atoms with Gasteiger partial charge in [-0.1, -0.05) is 42.5 Å². The molecule has 1 amide bonds. The van der Waals surface area contributed by atoms with E-state index in [-0.39, 0.29) is 5.78 Å². The fourth-order valence-electron chi connectivity index (χ4n) is 1.91. The van der Waals surface area contributed by atoms with Crippen molar-refractivity contribution in [2.75, 3.05) is 0 Å². The van der Waals surface area contributed by atoms with E-state index in [9.17, 15) is 9.59 Å². The lowest BCUT2D eigenvalue weighted by Crippen LogP contribution is -2.26. The maximum Gasteiger partial charge on any atom is 0.263 e. The number of Topliss-reactive ketones (excluding diaryl/α,β-unsaturated/α-hetero) is 1. The van der Waals surface area contributed by atoms with Gasteiger partial charge in [-0.3, -0.25) is 9.59 Å². The van der Waals surface area contributed by atoms with E-state index in [0.29, 0.717) is 16.9 Å². The number of hydrogen-bond donors (Lipinski definition) is 1. The number of carbonyl (C=O) groups is 2. The minimum Gasteiger partial charge on any atom is -0.475 e. The Kier molecular flexibility index (Phi) is 4.15. The van der Waals surface area contributed by atoms with Crippen LogP contribution in [-0.2, 0) is 4.79 Å². The molecule has 2 aromatic carbocycles. The van der Waals surface area contributed by atoms with Gasteiger partial charge in [0.2, 0.25) is 6.10 Å². The summed E-state index contributed by atoms with van der Waals surface area (Å²) in [6.07, 6.45) is -0.920. The van der Waals surface area contributed by atoms with Crippen LogP contribution in [0.5, 0.6) is 5.75 Å². The van der Waals surface area contributed by atoms with Gasteiger partial charge >= 0.3 is 0 Å². The van der Waals surface area contributed by atoms with Crippen LogP contribution in [0.2, 0.25) is 0 Å². The van der Waals surface area contributed by atoms with Gasteiger partial charge < -0.3 is 10.5 Å². The molecule has 2 rings (SSSR count). The highest BCUT2D eigenvalue weighted by Crippen LogP contribution is 2.25. The van der Waals surface area contributed by atoms with Gasteiger partial charge in [-0.25, -0.2) is 0 Å². The van der Waals surface area contributed by atoms with Crippen molar-refractivity contribution in [3.05, 3.63) is 65.7 Å². The molecular formula is C16H15NO3. The van der Waals surface area contributed by atoms with Gasteiger partial charge in [0.05, 0.1) is 5.56 Å². The third-order valence-electron chi connectivity index (χ3n) is 2.87. The van der Waals surface area contributed by atoms with Crippen LogP contribution in [0.3, 0.4) is 0 Å². The highest BCUT2D eigenvalue weighted by molar-refractivity contribution is 5.97.